The normalized spacial score (nSPS) is 10.2. The summed E-state index contributed by atoms with van der Waals surface area (Å²) in [6.45, 7) is 1.69. The zero-order valence-corrected chi connectivity index (χ0v) is 13.6. The lowest BCUT2D eigenvalue weighted by molar-refractivity contribution is -0.118. The number of nitrogens with zero attached hydrogens (tertiary/aromatic N) is 2. The monoisotopic (exact) mass is 329 g/mol. The van der Waals surface area contributed by atoms with E-state index in [4.69, 9.17) is 4.74 Å². The Labute approximate surface area is 139 Å². The summed E-state index contributed by atoms with van der Waals surface area (Å²) in [6, 6.07) is 7.00. The highest BCUT2D eigenvalue weighted by atomic mass is 16.5. The molecule has 1 heterocycles. The van der Waals surface area contributed by atoms with Crippen molar-refractivity contribution in [2.75, 3.05) is 13.2 Å². The van der Waals surface area contributed by atoms with Crippen molar-refractivity contribution in [1.29, 1.82) is 0 Å². The number of benzene rings is 1. The highest BCUT2D eigenvalue weighted by Gasteiger charge is 2.13. The van der Waals surface area contributed by atoms with Crippen LogP contribution in [0.15, 0.2) is 36.7 Å². The van der Waals surface area contributed by atoms with Crippen LogP contribution in [0.3, 0.4) is 0 Å². The van der Waals surface area contributed by atoms with E-state index >= 15 is 0 Å². The number of Topliss-reactive ketones (excluding diaryl/α,β-unsaturated/α-hetero) is 1. The molecule has 1 amide bonds. The second-order valence-electron chi connectivity index (χ2n) is 5.33. The van der Waals surface area contributed by atoms with Gasteiger partial charge in [0.25, 0.3) is 0 Å². The predicted molar refractivity (Wildman–Crippen MR) is 86.7 cm³/mol. The largest absolute Gasteiger partial charge is 0.454 e. The fourth-order valence-corrected chi connectivity index (χ4v) is 2.06. The van der Waals surface area contributed by atoms with Crippen LogP contribution < -0.4 is 5.32 Å². The molecule has 0 aliphatic carbocycles. The molecule has 0 saturated heterocycles. The first-order valence-electron chi connectivity index (χ1n) is 7.48. The highest BCUT2D eigenvalue weighted by molar-refractivity contribution is 5.99. The molecule has 1 N–H and O–H groups in total. The number of aromatic nitrogens is 2. The van der Waals surface area contributed by atoms with E-state index in [1.807, 2.05) is 12.1 Å². The van der Waals surface area contributed by atoms with Crippen molar-refractivity contribution < 1.29 is 19.1 Å². The summed E-state index contributed by atoms with van der Waals surface area (Å²) in [5.41, 5.74) is 1.78. The van der Waals surface area contributed by atoms with Gasteiger partial charge in [-0.25, -0.2) is 4.79 Å². The third-order valence-corrected chi connectivity index (χ3v) is 3.34. The number of nitrogens with one attached hydrogen (secondary N) is 1. The molecule has 7 heteroatoms. The highest BCUT2D eigenvalue weighted by Crippen LogP contribution is 2.07. The average molecular weight is 329 g/mol. The molecular formula is C17H19N3O4. The first-order valence-corrected chi connectivity index (χ1v) is 7.48. The molecule has 0 spiro atoms. The lowest BCUT2D eigenvalue weighted by Crippen LogP contribution is -2.22. The van der Waals surface area contributed by atoms with E-state index < -0.39 is 5.97 Å². The second-order valence-corrected chi connectivity index (χ2v) is 5.33. The Morgan fingerprint density at radius 1 is 1.17 bits per heavy atom. The zero-order chi connectivity index (χ0) is 17.5. The zero-order valence-electron chi connectivity index (χ0n) is 13.6. The van der Waals surface area contributed by atoms with Crippen molar-refractivity contribution in [1.82, 2.24) is 15.1 Å². The van der Waals surface area contributed by atoms with E-state index in [1.54, 1.807) is 19.2 Å². The number of hydrogen-bond acceptors (Lipinski definition) is 5. The van der Waals surface area contributed by atoms with Gasteiger partial charge in [0.15, 0.2) is 12.4 Å². The van der Waals surface area contributed by atoms with Gasteiger partial charge in [-0.05, 0) is 12.0 Å². The van der Waals surface area contributed by atoms with Crippen LogP contribution >= 0.6 is 0 Å². The van der Waals surface area contributed by atoms with Crippen LogP contribution in [-0.4, -0.2) is 40.6 Å². The Kier molecular flexibility index (Phi) is 5.83. The molecule has 2 aromatic rings. The van der Waals surface area contributed by atoms with E-state index in [0.29, 0.717) is 24.1 Å². The van der Waals surface area contributed by atoms with E-state index in [-0.39, 0.29) is 18.3 Å². The minimum atomic E-state index is -0.580. The molecule has 0 aliphatic heterocycles. The molecule has 0 bridgehead atoms. The van der Waals surface area contributed by atoms with Gasteiger partial charge in [0.1, 0.15) is 0 Å². The Hall–Kier alpha value is -2.96. The number of rotatable bonds is 7. The Morgan fingerprint density at radius 2 is 1.88 bits per heavy atom. The summed E-state index contributed by atoms with van der Waals surface area (Å²) in [4.78, 5) is 34.6. The Balaban J connectivity index is 1.83. The number of ketones is 1. The number of hydrogen-bond donors (Lipinski definition) is 1. The maximum atomic E-state index is 12.0. The molecular weight excluding hydrogens is 310 g/mol. The average Bonchev–Trinajstić information content (AvgIpc) is 2.99. The molecule has 0 saturated carbocycles. The minimum absolute atomic E-state index is 0.0720. The number of carbonyl (C=O) groups is 3. The fraction of sp³-hybridized carbons (Fsp3) is 0.294. The molecule has 0 fully saturated rings. The lowest BCUT2D eigenvalue weighted by Gasteiger charge is -2.05. The van der Waals surface area contributed by atoms with Gasteiger partial charge in [0, 0.05) is 32.3 Å². The molecule has 7 nitrogen and oxygen atoms in total. The third-order valence-electron chi connectivity index (χ3n) is 3.34. The van der Waals surface area contributed by atoms with E-state index in [2.05, 4.69) is 10.4 Å². The first kappa shape index (κ1) is 17.4. The van der Waals surface area contributed by atoms with Crippen molar-refractivity contribution in [3.63, 3.8) is 0 Å². The van der Waals surface area contributed by atoms with Gasteiger partial charge in [-0.15, -0.1) is 0 Å². The molecule has 0 aliphatic rings. The van der Waals surface area contributed by atoms with E-state index in [0.717, 1.165) is 5.56 Å². The van der Waals surface area contributed by atoms with Crippen molar-refractivity contribution in [2.45, 2.75) is 13.3 Å². The Morgan fingerprint density at radius 3 is 2.46 bits per heavy atom. The maximum Gasteiger partial charge on any atom is 0.341 e. The smallest absolute Gasteiger partial charge is 0.341 e. The van der Waals surface area contributed by atoms with Crippen LogP contribution in [0.2, 0.25) is 0 Å². The number of ether oxygens (including phenoxy) is 1. The second kappa shape index (κ2) is 8.05. The van der Waals surface area contributed by atoms with Crippen molar-refractivity contribution in [3.05, 3.63) is 53.3 Å². The summed E-state index contributed by atoms with van der Waals surface area (Å²) < 4.78 is 6.47. The van der Waals surface area contributed by atoms with Gasteiger partial charge in [-0.3, -0.25) is 14.3 Å². The molecule has 1 aromatic heterocycles. The number of esters is 1. The molecule has 0 atom stereocenters. The van der Waals surface area contributed by atoms with Gasteiger partial charge >= 0.3 is 5.97 Å². The van der Waals surface area contributed by atoms with E-state index in [9.17, 15) is 14.4 Å². The predicted octanol–water partition coefficient (Wildman–Crippen LogP) is 1.14. The van der Waals surface area contributed by atoms with Crippen LogP contribution in [0.1, 0.15) is 33.2 Å². The van der Waals surface area contributed by atoms with Crippen molar-refractivity contribution in [2.24, 2.45) is 7.05 Å². The summed E-state index contributed by atoms with van der Waals surface area (Å²) in [6.07, 6.45) is 3.59. The van der Waals surface area contributed by atoms with Crippen LogP contribution in [0, 0.1) is 0 Å². The summed E-state index contributed by atoms with van der Waals surface area (Å²) in [7, 11) is 1.69. The van der Waals surface area contributed by atoms with Crippen LogP contribution in [0.5, 0.6) is 0 Å². The van der Waals surface area contributed by atoms with Crippen molar-refractivity contribution >= 4 is 17.7 Å². The molecule has 126 valence electrons. The molecule has 2 rings (SSSR count). The number of carbonyl (C=O) groups excluding carboxylic acids is 3. The summed E-state index contributed by atoms with van der Waals surface area (Å²) >= 11 is 0. The number of aryl methyl sites for hydroxylation is 1. The van der Waals surface area contributed by atoms with E-state index in [1.165, 1.54) is 24.0 Å². The first-order chi connectivity index (χ1) is 11.5. The Bertz CT molecular complexity index is 735. The van der Waals surface area contributed by atoms with Gasteiger partial charge in [0.05, 0.1) is 11.8 Å². The molecule has 24 heavy (non-hydrogen) atoms. The third kappa shape index (κ3) is 5.05. The van der Waals surface area contributed by atoms with Gasteiger partial charge in [0.2, 0.25) is 5.91 Å². The lowest BCUT2D eigenvalue weighted by atomic mass is 10.1. The molecule has 1 aromatic carbocycles. The molecule has 0 unspecified atom stereocenters. The van der Waals surface area contributed by atoms with Gasteiger partial charge in [-0.1, -0.05) is 24.3 Å². The fourth-order valence-electron chi connectivity index (χ4n) is 2.06. The standard InChI is InChI=1S/C17H19N3O4/c1-12(21)18-8-7-13-3-5-14(6-4-13)16(22)11-24-17(23)15-9-19-20(2)10-15/h3-6,9-10H,7-8,11H2,1-2H3,(H,18,21). The van der Waals surface area contributed by atoms with Gasteiger partial charge in [-0.2, -0.15) is 5.10 Å². The summed E-state index contributed by atoms with van der Waals surface area (Å²) in [5.74, 6) is -0.929. The minimum Gasteiger partial charge on any atom is -0.454 e. The quantitative estimate of drug-likeness (QED) is 0.608. The molecule has 0 radical (unpaired) electrons. The SMILES string of the molecule is CC(=O)NCCc1ccc(C(=O)COC(=O)c2cnn(C)c2)cc1. The summed E-state index contributed by atoms with van der Waals surface area (Å²) in [5, 5.41) is 6.58. The van der Waals surface area contributed by atoms with Crippen LogP contribution in [0.25, 0.3) is 0 Å². The van der Waals surface area contributed by atoms with Crippen LogP contribution in [-0.2, 0) is 23.0 Å². The van der Waals surface area contributed by atoms with Crippen LogP contribution in [0.4, 0.5) is 0 Å². The maximum absolute atomic E-state index is 12.0. The number of amides is 1. The topological polar surface area (TPSA) is 90.3 Å². The van der Waals surface area contributed by atoms with Crippen molar-refractivity contribution in [3.8, 4) is 0 Å². The van der Waals surface area contributed by atoms with Gasteiger partial charge < -0.3 is 10.1 Å².